The summed E-state index contributed by atoms with van der Waals surface area (Å²) in [7, 11) is 0. The topological polar surface area (TPSA) is 47.0 Å². The highest BCUT2D eigenvalue weighted by Gasteiger charge is 2.08. The minimum atomic E-state index is -0.603. The van der Waals surface area contributed by atoms with Gasteiger partial charge in [0, 0.05) is 54.3 Å². The number of fused-ring (bicyclic) bond motifs is 1. The Labute approximate surface area is 167 Å². The fourth-order valence-electron chi connectivity index (χ4n) is 3.11. The van der Waals surface area contributed by atoms with Crippen molar-refractivity contribution in [3.8, 4) is 16.9 Å². The summed E-state index contributed by atoms with van der Waals surface area (Å²) in [4.78, 5) is 8.54. The maximum Gasteiger partial charge on any atom is 0.145 e. The van der Waals surface area contributed by atoms with Crippen molar-refractivity contribution in [3.63, 3.8) is 0 Å². The van der Waals surface area contributed by atoms with E-state index in [1.807, 2.05) is 36.4 Å². The van der Waals surface area contributed by atoms with Crippen LogP contribution in [0.2, 0.25) is 0 Å². The molecule has 0 atom stereocenters. The molecular weight excluding hydrogens is 372 g/mol. The molecule has 2 aromatic carbocycles. The summed E-state index contributed by atoms with van der Waals surface area (Å²) < 4.78 is 32.9. The lowest BCUT2D eigenvalue weighted by Crippen LogP contribution is -2.20. The van der Waals surface area contributed by atoms with Crippen molar-refractivity contribution < 1.29 is 13.5 Å². The summed E-state index contributed by atoms with van der Waals surface area (Å²) in [5, 5.41) is 4.32. The fourth-order valence-corrected chi connectivity index (χ4v) is 3.11. The molecule has 0 unspecified atom stereocenters. The van der Waals surface area contributed by atoms with Gasteiger partial charge >= 0.3 is 0 Å². The highest BCUT2D eigenvalue weighted by molar-refractivity contribution is 5.84. The minimum absolute atomic E-state index is 0.326. The Kier molecular flexibility index (Phi) is 5.72. The number of benzene rings is 2. The first-order valence-corrected chi connectivity index (χ1v) is 9.27. The van der Waals surface area contributed by atoms with Gasteiger partial charge in [-0.25, -0.2) is 8.78 Å². The Balaban J connectivity index is 1.33. The molecule has 0 spiro atoms. The van der Waals surface area contributed by atoms with Gasteiger partial charge in [-0.15, -0.1) is 0 Å². The van der Waals surface area contributed by atoms with Crippen molar-refractivity contribution in [3.05, 3.63) is 90.4 Å². The number of pyridine rings is 2. The van der Waals surface area contributed by atoms with Gasteiger partial charge in [0.25, 0.3) is 0 Å². The predicted octanol–water partition coefficient (Wildman–Crippen LogP) is 4.74. The van der Waals surface area contributed by atoms with Gasteiger partial charge in [0.1, 0.15) is 29.5 Å². The van der Waals surface area contributed by atoms with Crippen LogP contribution in [-0.2, 0) is 6.54 Å². The number of hydrogen-bond donors (Lipinski definition) is 1. The zero-order chi connectivity index (χ0) is 20.1. The van der Waals surface area contributed by atoms with E-state index in [0.717, 1.165) is 28.3 Å². The first-order chi connectivity index (χ1) is 14.2. The van der Waals surface area contributed by atoms with Crippen LogP contribution in [0, 0.1) is 11.6 Å². The molecule has 6 heteroatoms. The quantitative estimate of drug-likeness (QED) is 0.462. The molecule has 2 aromatic heterocycles. The molecule has 4 nitrogen and oxygen atoms in total. The van der Waals surface area contributed by atoms with Crippen LogP contribution in [0.15, 0.2) is 73.2 Å². The summed E-state index contributed by atoms with van der Waals surface area (Å²) in [6, 6.07) is 15.1. The van der Waals surface area contributed by atoms with Crippen LogP contribution in [0.25, 0.3) is 22.0 Å². The lowest BCUT2D eigenvalue weighted by atomic mass is 10.1. The molecule has 0 fully saturated rings. The molecule has 0 saturated heterocycles. The Hall–Kier alpha value is -3.38. The SMILES string of the molecule is Fc1ccc(-c2cncc(CNCCOc3cccc4cccnc34)c2)c(F)c1. The third-order valence-electron chi connectivity index (χ3n) is 4.50. The van der Waals surface area contributed by atoms with Crippen LogP contribution < -0.4 is 10.1 Å². The molecule has 0 aliphatic heterocycles. The molecule has 0 radical (unpaired) electrons. The molecule has 2 heterocycles. The summed E-state index contributed by atoms with van der Waals surface area (Å²) in [6.45, 7) is 1.66. The van der Waals surface area contributed by atoms with Gasteiger partial charge in [-0.05, 0) is 35.9 Å². The second-order valence-electron chi connectivity index (χ2n) is 6.56. The van der Waals surface area contributed by atoms with Gasteiger partial charge in [-0.1, -0.05) is 18.2 Å². The van der Waals surface area contributed by atoms with E-state index in [9.17, 15) is 8.78 Å². The van der Waals surface area contributed by atoms with Crippen molar-refractivity contribution >= 4 is 10.9 Å². The van der Waals surface area contributed by atoms with Crippen molar-refractivity contribution in [1.29, 1.82) is 0 Å². The Morgan fingerprint density at radius 2 is 1.86 bits per heavy atom. The van der Waals surface area contributed by atoms with Crippen LogP contribution in [0.1, 0.15) is 5.56 Å². The Morgan fingerprint density at radius 1 is 0.966 bits per heavy atom. The molecule has 0 aliphatic carbocycles. The Morgan fingerprint density at radius 3 is 2.76 bits per heavy atom. The predicted molar refractivity (Wildman–Crippen MR) is 109 cm³/mol. The van der Waals surface area contributed by atoms with E-state index in [-0.39, 0.29) is 0 Å². The van der Waals surface area contributed by atoms with Crippen LogP contribution >= 0.6 is 0 Å². The molecule has 0 saturated carbocycles. The van der Waals surface area contributed by atoms with Gasteiger partial charge in [0.15, 0.2) is 0 Å². The van der Waals surface area contributed by atoms with E-state index in [4.69, 9.17) is 4.74 Å². The number of halogens is 2. The van der Waals surface area contributed by atoms with Crippen LogP contribution in [0.4, 0.5) is 8.78 Å². The van der Waals surface area contributed by atoms with Gasteiger partial charge < -0.3 is 10.1 Å². The van der Waals surface area contributed by atoms with E-state index >= 15 is 0 Å². The standard InChI is InChI=1S/C23H19F2N3O/c24-19-6-7-20(21(25)12-19)18-11-16(14-27-15-18)13-26-9-10-29-22-5-1-3-17-4-2-8-28-23(17)22/h1-8,11-12,14-15,26H,9-10,13H2. The van der Waals surface area contributed by atoms with Crippen molar-refractivity contribution in [2.75, 3.05) is 13.2 Å². The molecule has 146 valence electrons. The highest BCUT2D eigenvalue weighted by Crippen LogP contribution is 2.24. The van der Waals surface area contributed by atoms with E-state index in [1.165, 1.54) is 12.1 Å². The van der Waals surface area contributed by atoms with Gasteiger partial charge in [-0.3, -0.25) is 9.97 Å². The lowest BCUT2D eigenvalue weighted by molar-refractivity contribution is 0.316. The smallest absolute Gasteiger partial charge is 0.145 e. The van der Waals surface area contributed by atoms with Crippen molar-refractivity contribution in [2.24, 2.45) is 0 Å². The number of nitrogens with zero attached hydrogens (tertiary/aromatic N) is 2. The normalized spacial score (nSPS) is 11.0. The zero-order valence-electron chi connectivity index (χ0n) is 15.6. The van der Waals surface area contributed by atoms with Gasteiger partial charge in [-0.2, -0.15) is 0 Å². The van der Waals surface area contributed by atoms with E-state index in [0.29, 0.717) is 30.8 Å². The van der Waals surface area contributed by atoms with Crippen molar-refractivity contribution in [1.82, 2.24) is 15.3 Å². The monoisotopic (exact) mass is 391 g/mol. The molecule has 0 bridgehead atoms. The third-order valence-corrected chi connectivity index (χ3v) is 4.50. The van der Waals surface area contributed by atoms with Crippen LogP contribution in [0.5, 0.6) is 5.75 Å². The number of nitrogens with one attached hydrogen (secondary N) is 1. The zero-order valence-corrected chi connectivity index (χ0v) is 15.6. The third kappa shape index (κ3) is 4.55. The van der Waals surface area contributed by atoms with E-state index < -0.39 is 11.6 Å². The summed E-state index contributed by atoms with van der Waals surface area (Å²) in [5.74, 6) is -0.451. The number of aromatic nitrogens is 2. The first-order valence-electron chi connectivity index (χ1n) is 9.27. The summed E-state index contributed by atoms with van der Waals surface area (Å²) in [6.07, 6.45) is 5.03. The Bertz CT molecular complexity index is 1130. The molecule has 4 rings (SSSR count). The first kappa shape index (κ1) is 19.0. The second-order valence-corrected chi connectivity index (χ2v) is 6.56. The van der Waals surface area contributed by atoms with E-state index in [2.05, 4.69) is 15.3 Å². The van der Waals surface area contributed by atoms with Crippen LogP contribution in [-0.4, -0.2) is 23.1 Å². The maximum atomic E-state index is 14.0. The van der Waals surface area contributed by atoms with Crippen LogP contribution in [0.3, 0.4) is 0 Å². The van der Waals surface area contributed by atoms with Gasteiger partial charge in [0.2, 0.25) is 0 Å². The largest absolute Gasteiger partial charge is 0.490 e. The molecule has 0 aliphatic rings. The number of ether oxygens (including phenoxy) is 1. The summed E-state index contributed by atoms with van der Waals surface area (Å²) in [5.41, 5.74) is 2.68. The average molecular weight is 391 g/mol. The lowest BCUT2D eigenvalue weighted by Gasteiger charge is -2.10. The maximum absolute atomic E-state index is 14.0. The van der Waals surface area contributed by atoms with E-state index in [1.54, 1.807) is 18.6 Å². The number of rotatable bonds is 7. The molecule has 4 aromatic rings. The highest BCUT2D eigenvalue weighted by atomic mass is 19.1. The second kappa shape index (κ2) is 8.75. The summed E-state index contributed by atoms with van der Waals surface area (Å²) >= 11 is 0. The minimum Gasteiger partial charge on any atom is -0.490 e. The van der Waals surface area contributed by atoms with Gasteiger partial charge in [0.05, 0.1) is 0 Å². The van der Waals surface area contributed by atoms with Crippen molar-refractivity contribution in [2.45, 2.75) is 6.54 Å². The molecule has 0 amide bonds. The number of hydrogen-bond acceptors (Lipinski definition) is 4. The molecule has 29 heavy (non-hydrogen) atoms. The molecule has 1 N–H and O–H groups in total. The average Bonchev–Trinajstić information content (AvgIpc) is 2.74. The number of para-hydroxylation sites is 1. The molecular formula is C23H19F2N3O. The fraction of sp³-hybridized carbons (Fsp3) is 0.130.